The molecule has 138 valence electrons. The van der Waals surface area contributed by atoms with Crippen molar-refractivity contribution >= 4 is 23.4 Å². The van der Waals surface area contributed by atoms with Gasteiger partial charge in [-0.25, -0.2) is 0 Å². The number of anilines is 1. The highest BCUT2D eigenvalue weighted by Crippen LogP contribution is 2.33. The van der Waals surface area contributed by atoms with Crippen LogP contribution in [-0.4, -0.2) is 42.7 Å². The van der Waals surface area contributed by atoms with Crippen LogP contribution >= 0.6 is 11.8 Å². The maximum absolute atomic E-state index is 12.8. The zero-order chi connectivity index (χ0) is 18.5. The number of benzene rings is 2. The molecule has 3 atom stereocenters. The fraction of sp³-hybridized carbons (Fsp3) is 0.381. The minimum Gasteiger partial charge on any atom is -0.330 e. The Morgan fingerprint density at radius 1 is 1.19 bits per heavy atom. The van der Waals surface area contributed by atoms with Crippen LogP contribution in [-0.2, 0) is 4.79 Å². The molecule has 1 aliphatic rings. The molecule has 3 N–H and O–H groups in total. The molecule has 5 heteroatoms. The van der Waals surface area contributed by atoms with Gasteiger partial charge in [-0.2, -0.15) is 0 Å². The minimum absolute atomic E-state index is 0.0379. The van der Waals surface area contributed by atoms with E-state index < -0.39 is 0 Å². The van der Waals surface area contributed by atoms with Gasteiger partial charge in [0.25, 0.3) is 0 Å². The molecule has 2 aromatic carbocycles. The van der Waals surface area contributed by atoms with Gasteiger partial charge in [0.15, 0.2) is 0 Å². The number of rotatable bonds is 6. The van der Waals surface area contributed by atoms with E-state index in [-0.39, 0.29) is 11.9 Å². The Morgan fingerprint density at radius 2 is 1.88 bits per heavy atom. The first-order chi connectivity index (χ1) is 12.6. The third-order valence-electron chi connectivity index (χ3n) is 5.29. The molecule has 3 rings (SSSR count). The lowest BCUT2D eigenvalue weighted by Gasteiger charge is -2.24. The van der Waals surface area contributed by atoms with Gasteiger partial charge in [-0.3, -0.25) is 9.69 Å². The van der Waals surface area contributed by atoms with Gasteiger partial charge in [0.05, 0.1) is 11.7 Å². The standard InChI is InChI=1S/C21H27N3OS/c1-15(21(25)23-19-10-6-7-11-20(19)26-2)24-13-17(12-22)18(14-24)16-8-4-3-5-9-16/h3-11,15,17-18H,12-14,22H2,1-2H3,(H,23,25)/t15?,17-,18+/m1/s1. The number of nitrogens with two attached hydrogens (primary N) is 1. The summed E-state index contributed by atoms with van der Waals surface area (Å²) < 4.78 is 0. The third kappa shape index (κ3) is 4.11. The Bertz CT molecular complexity index is 737. The van der Waals surface area contributed by atoms with Crippen molar-refractivity contribution in [2.75, 3.05) is 31.2 Å². The Balaban J connectivity index is 1.69. The molecule has 1 amide bonds. The van der Waals surface area contributed by atoms with Crippen LogP contribution in [0, 0.1) is 5.92 Å². The zero-order valence-electron chi connectivity index (χ0n) is 15.4. The molecule has 0 bridgehead atoms. The number of hydrogen-bond donors (Lipinski definition) is 2. The Labute approximate surface area is 160 Å². The Kier molecular flexibility index (Phi) is 6.35. The highest BCUT2D eigenvalue weighted by atomic mass is 32.2. The third-order valence-corrected chi connectivity index (χ3v) is 6.09. The Hall–Kier alpha value is -1.82. The average Bonchev–Trinajstić information content (AvgIpc) is 3.13. The average molecular weight is 370 g/mol. The SMILES string of the molecule is CSc1ccccc1NC(=O)C(C)N1C[C@@H](CN)[C@H](c2ccccc2)C1. The molecule has 1 unspecified atom stereocenters. The number of likely N-dealkylation sites (tertiary alicyclic amines) is 1. The number of thioether (sulfide) groups is 1. The minimum atomic E-state index is -0.187. The maximum Gasteiger partial charge on any atom is 0.241 e. The first-order valence-electron chi connectivity index (χ1n) is 9.07. The van der Waals surface area contributed by atoms with Crippen LogP contribution < -0.4 is 11.1 Å². The summed E-state index contributed by atoms with van der Waals surface area (Å²) in [5.74, 6) is 0.803. The molecule has 0 aromatic heterocycles. The lowest BCUT2D eigenvalue weighted by molar-refractivity contribution is -0.120. The summed E-state index contributed by atoms with van der Waals surface area (Å²) in [7, 11) is 0. The topological polar surface area (TPSA) is 58.4 Å². The summed E-state index contributed by atoms with van der Waals surface area (Å²) in [5.41, 5.74) is 8.22. The van der Waals surface area contributed by atoms with Crippen molar-refractivity contribution in [2.45, 2.75) is 23.8 Å². The summed E-state index contributed by atoms with van der Waals surface area (Å²) in [4.78, 5) is 16.1. The van der Waals surface area contributed by atoms with Gasteiger partial charge in [-0.1, -0.05) is 42.5 Å². The number of amides is 1. The molecular weight excluding hydrogens is 342 g/mol. The maximum atomic E-state index is 12.8. The van der Waals surface area contributed by atoms with Crippen molar-refractivity contribution in [2.24, 2.45) is 11.7 Å². The first-order valence-corrected chi connectivity index (χ1v) is 10.3. The summed E-state index contributed by atoms with van der Waals surface area (Å²) >= 11 is 1.64. The van der Waals surface area contributed by atoms with Crippen LogP contribution in [0.15, 0.2) is 59.5 Å². The van der Waals surface area contributed by atoms with Gasteiger partial charge < -0.3 is 11.1 Å². The van der Waals surface area contributed by atoms with Crippen molar-refractivity contribution in [3.05, 3.63) is 60.2 Å². The lowest BCUT2D eigenvalue weighted by atomic mass is 9.89. The van der Waals surface area contributed by atoms with Crippen LogP contribution in [0.1, 0.15) is 18.4 Å². The van der Waals surface area contributed by atoms with E-state index >= 15 is 0 Å². The van der Waals surface area contributed by atoms with E-state index in [2.05, 4.69) is 34.5 Å². The molecular formula is C21H27N3OS. The van der Waals surface area contributed by atoms with E-state index in [9.17, 15) is 4.79 Å². The number of para-hydroxylation sites is 1. The van der Waals surface area contributed by atoms with Crippen molar-refractivity contribution in [1.82, 2.24) is 4.90 Å². The van der Waals surface area contributed by atoms with Crippen LogP contribution in [0.3, 0.4) is 0 Å². The van der Waals surface area contributed by atoms with E-state index in [4.69, 9.17) is 5.73 Å². The van der Waals surface area contributed by atoms with E-state index in [0.717, 1.165) is 23.7 Å². The number of hydrogen-bond acceptors (Lipinski definition) is 4. The number of nitrogens with zero attached hydrogens (tertiary/aromatic N) is 1. The Morgan fingerprint density at radius 3 is 2.58 bits per heavy atom. The predicted octanol–water partition coefficient (Wildman–Crippen LogP) is 3.41. The molecule has 1 aliphatic heterocycles. The monoisotopic (exact) mass is 369 g/mol. The van der Waals surface area contributed by atoms with E-state index in [1.165, 1.54) is 5.56 Å². The fourth-order valence-electron chi connectivity index (χ4n) is 3.69. The number of nitrogens with one attached hydrogen (secondary N) is 1. The van der Waals surface area contributed by atoms with Gasteiger partial charge in [0, 0.05) is 23.9 Å². The molecule has 26 heavy (non-hydrogen) atoms. The number of carbonyl (C=O) groups is 1. The molecule has 1 heterocycles. The molecule has 0 radical (unpaired) electrons. The molecule has 4 nitrogen and oxygen atoms in total. The van der Waals surface area contributed by atoms with E-state index in [1.54, 1.807) is 11.8 Å². The molecule has 0 saturated carbocycles. The second-order valence-electron chi connectivity index (χ2n) is 6.83. The predicted molar refractivity (Wildman–Crippen MR) is 110 cm³/mol. The quantitative estimate of drug-likeness (QED) is 0.766. The molecule has 1 fully saturated rings. The molecule has 2 aromatic rings. The summed E-state index contributed by atoms with van der Waals surface area (Å²) in [6, 6.07) is 18.2. The summed E-state index contributed by atoms with van der Waals surface area (Å²) in [6.07, 6.45) is 2.02. The second-order valence-corrected chi connectivity index (χ2v) is 7.68. The largest absolute Gasteiger partial charge is 0.330 e. The van der Waals surface area contributed by atoms with Crippen LogP contribution in [0.2, 0.25) is 0 Å². The van der Waals surface area contributed by atoms with Crippen LogP contribution in [0.4, 0.5) is 5.69 Å². The summed E-state index contributed by atoms with van der Waals surface area (Å²) in [5, 5.41) is 3.09. The van der Waals surface area contributed by atoms with Gasteiger partial charge in [-0.15, -0.1) is 11.8 Å². The van der Waals surface area contributed by atoms with E-state index in [1.807, 2.05) is 43.5 Å². The second kappa shape index (κ2) is 8.71. The highest BCUT2D eigenvalue weighted by molar-refractivity contribution is 7.98. The van der Waals surface area contributed by atoms with Gasteiger partial charge in [0.2, 0.25) is 5.91 Å². The highest BCUT2D eigenvalue weighted by Gasteiger charge is 2.36. The van der Waals surface area contributed by atoms with Crippen molar-refractivity contribution in [3.8, 4) is 0 Å². The smallest absolute Gasteiger partial charge is 0.241 e. The van der Waals surface area contributed by atoms with Gasteiger partial charge in [-0.05, 0) is 43.3 Å². The number of carbonyl (C=O) groups excluding carboxylic acids is 1. The van der Waals surface area contributed by atoms with Crippen molar-refractivity contribution < 1.29 is 4.79 Å². The van der Waals surface area contributed by atoms with Crippen LogP contribution in [0.5, 0.6) is 0 Å². The molecule has 1 saturated heterocycles. The van der Waals surface area contributed by atoms with Gasteiger partial charge >= 0.3 is 0 Å². The fourth-order valence-corrected chi connectivity index (χ4v) is 4.24. The van der Waals surface area contributed by atoms with Crippen LogP contribution in [0.25, 0.3) is 0 Å². The van der Waals surface area contributed by atoms with Crippen molar-refractivity contribution in [1.29, 1.82) is 0 Å². The lowest BCUT2D eigenvalue weighted by Crippen LogP contribution is -2.41. The molecule has 0 spiro atoms. The first kappa shape index (κ1) is 19.0. The summed E-state index contributed by atoms with van der Waals surface area (Å²) in [6.45, 7) is 4.34. The zero-order valence-corrected chi connectivity index (χ0v) is 16.2. The molecule has 0 aliphatic carbocycles. The normalized spacial score (nSPS) is 21.5. The van der Waals surface area contributed by atoms with E-state index in [0.29, 0.717) is 18.4 Å². The van der Waals surface area contributed by atoms with Crippen molar-refractivity contribution in [3.63, 3.8) is 0 Å². The van der Waals surface area contributed by atoms with Gasteiger partial charge in [0.1, 0.15) is 0 Å².